The summed E-state index contributed by atoms with van der Waals surface area (Å²) < 4.78 is 0. The third-order valence-corrected chi connectivity index (χ3v) is 6.06. The molecule has 0 unspecified atom stereocenters. The predicted octanol–water partition coefficient (Wildman–Crippen LogP) is 5.61. The van der Waals surface area contributed by atoms with Gasteiger partial charge in [-0.2, -0.15) is 0 Å². The van der Waals surface area contributed by atoms with Gasteiger partial charge in [-0.05, 0) is 55.3 Å². The zero-order valence-corrected chi connectivity index (χ0v) is 17.6. The molecule has 5 rings (SSSR count). The maximum atomic E-state index is 12.9. The van der Waals surface area contributed by atoms with Crippen LogP contribution in [0.2, 0.25) is 0 Å². The van der Waals surface area contributed by atoms with Gasteiger partial charge in [-0.3, -0.25) is 9.69 Å². The lowest BCUT2D eigenvalue weighted by atomic mass is 10.00. The first-order valence-corrected chi connectivity index (χ1v) is 11.1. The van der Waals surface area contributed by atoms with Crippen molar-refractivity contribution in [3.8, 4) is 0 Å². The maximum Gasteiger partial charge on any atom is 0.258 e. The Morgan fingerprint density at radius 2 is 1.55 bits per heavy atom. The molecular formula is C27H27N3O. The van der Waals surface area contributed by atoms with Crippen LogP contribution < -0.4 is 10.6 Å². The molecule has 4 nitrogen and oxygen atoms in total. The Morgan fingerprint density at radius 3 is 2.32 bits per heavy atom. The van der Waals surface area contributed by atoms with E-state index in [1.165, 1.54) is 37.9 Å². The number of rotatable bonds is 5. The minimum Gasteiger partial charge on any atom is -0.354 e. The van der Waals surface area contributed by atoms with Gasteiger partial charge in [0.05, 0.1) is 11.3 Å². The molecule has 3 aromatic rings. The average Bonchev–Trinajstić information content (AvgIpc) is 3.15. The fraction of sp³-hybridized carbons (Fsp3) is 0.222. The lowest BCUT2D eigenvalue weighted by molar-refractivity contribution is -0.110. The fourth-order valence-corrected chi connectivity index (χ4v) is 4.46. The van der Waals surface area contributed by atoms with Gasteiger partial charge >= 0.3 is 0 Å². The van der Waals surface area contributed by atoms with E-state index in [0.29, 0.717) is 5.57 Å². The zero-order chi connectivity index (χ0) is 21.0. The van der Waals surface area contributed by atoms with Gasteiger partial charge in [0.25, 0.3) is 5.91 Å². The second-order valence-electron chi connectivity index (χ2n) is 8.27. The largest absolute Gasteiger partial charge is 0.354 e. The van der Waals surface area contributed by atoms with Crippen LogP contribution in [0.3, 0.4) is 0 Å². The number of nitrogens with zero attached hydrogens (tertiary/aromatic N) is 1. The molecule has 0 bridgehead atoms. The molecule has 0 saturated carbocycles. The number of carbonyl (C=O) groups excluding carboxylic acids is 1. The van der Waals surface area contributed by atoms with Crippen LogP contribution in [0.1, 0.15) is 36.0 Å². The highest BCUT2D eigenvalue weighted by Gasteiger charge is 2.28. The Labute approximate surface area is 183 Å². The van der Waals surface area contributed by atoms with E-state index in [-0.39, 0.29) is 5.91 Å². The van der Waals surface area contributed by atoms with Gasteiger partial charge < -0.3 is 10.6 Å². The average molecular weight is 410 g/mol. The molecule has 0 atom stereocenters. The number of anilines is 2. The first kappa shape index (κ1) is 19.6. The second kappa shape index (κ2) is 8.78. The van der Waals surface area contributed by atoms with Gasteiger partial charge in [0.1, 0.15) is 0 Å². The van der Waals surface area contributed by atoms with Crippen LogP contribution in [0.4, 0.5) is 11.4 Å². The number of fused-ring (bicyclic) bond motifs is 1. The van der Waals surface area contributed by atoms with Crippen LogP contribution in [0.5, 0.6) is 0 Å². The second-order valence-corrected chi connectivity index (χ2v) is 8.27. The quantitative estimate of drug-likeness (QED) is 0.539. The smallest absolute Gasteiger partial charge is 0.258 e. The molecule has 1 amide bonds. The summed E-state index contributed by atoms with van der Waals surface area (Å²) in [4.78, 5) is 15.4. The number of piperidine rings is 1. The number of hydrogen-bond acceptors (Lipinski definition) is 3. The van der Waals surface area contributed by atoms with Crippen molar-refractivity contribution in [1.82, 2.24) is 4.90 Å². The number of nitrogens with one attached hydrogen (secondary N) is 2. The van der Waals surface area contributed by atoms with E-state index in [0.717, 1.165) is 34.7 Å². The summed E-state index contributed by atoms with van der Waals surface area (Å²) in [5.41, 5.74) is 6.58. The summed E-state index contributed by atoms with van der Waals surface area (Å²) in [5.74, 6) is -0.0747. The summed E-state index contributed by atoms with van der Waals surface area (Å²) >= 11 is 0. The standard InChI is InChI=1S/C27H27N3O/c31-27-25(23-11-5-6-12-24(23)29-27)26(21-9-3-1-4-10-21)28-22-15-13-20(14-16-22)19-30-17-7-2-8-18-30/h1,3-6,9-16,28H,2,7-8,17-19H2,(H,29,31)/b26-25-. The monoisotopic (exact) mass is 409 g/mol. The Morgan fingerprint density at radius 1 is 0.839 bits per heavy atom. The molecule has 2 aliphatic heterocycles. The molecule has 2 heterocycles. The SMILES string of the molecule is O=C1Nc2ccccc2/C1=C(/Nc1ccc(CN2CCCCC2)cc1)c1ccccc1. The topological polar surface area (TPSA) is 44.4 Å². The van der Waals surface area contributed by atoms with Gasteiger partial charge in [-0.1, -0.05) is 67.1 Å². The Hall–Kier alpha value is -3.37. The number of para-hydroxylation sites is 1. The third kappa shape index (κ3) is 4.25. The van der Waals surface area contributed by atoms with Crippen LogP contribution in [0.15, 0.2) is 78.9 Å². The summed E-state index contributed by atoms with van der Waals surface area (Å²) in [5, 5.41) is 6.54. The van der Waals surface area contributed by atoms with Crippen molar-refractivity contribution in [3.63, 3.8) is 0 Å². The molecular weight excluding hydrogens is 382 g/mol. The summed E-state index contributed by atoms with van der Waals surface area (Å²) in [6, 6.07) is 26.5. The van der Waals surface area contributed by atoms with Gasteiger partial charge in [-0.25, -0.2) is 0 Å². The van der Waals surface area contributed by atoms with Crippen LogP contribution >= 0.6 is 0 Å². The van der Waals surface area contributed by atoms with Gasteiger partial charge in [0, 0.05) is 23.5 Å². The molecule has 31 heavy (non-hydrogen) atoms. The van der Waals surface area contributed by atoms with Crippen LogP contribution in [0, 0.1) is 0 Å². The Balaban J connectivity index is 1.46. The van der Waals surface area contributed by atoms with E-state index in [2.05, 4.69) is 39.8 Å². The molecule has 0 radical (unpaired) electrons. The van der Waals surface area contributed by atoms with Crippen molar-refractivity contribution in [3.05, 3.63) is 95.6 Å². The van der Waals surface area contributed by atoms with E-state index in [9.17, 15) is 4.79 Å². The lowest BCUT2D eigenvalue weighted by Crippen LogP contribution is -2.29. The van der Waals surface area contributed by atoms with E-state index >= 15 is 0 Å². The molecule has 0 aromatic heterocycles. The Kier molecular flexibility index (Phi) is 5.55. The third-order valence-electron chi connectivity index (χ3n) is 6.06. The number of amides is 1. The molecule has 0 spiro atoms. The van der Waals surface area contributed by atoms with Crippen LogP contribution in [-0.2, 0) is 11.3 Å². The van der Waals surface area contributed by atoms with E-state index in [1.807, 2.05) is 54.6 Å². The molecule has 3 aromatic carbocycles. The van der Waals surface area contributed by atoms with Crippen molar-refractivity contribution in [2.75, 3.05) is 23.7 Å². The van der Waals surface area contributed by atoms with Crippen LogP contribution in [-0.4, -0.2) is 23.9 Å². The van der Waals surface area contributed by atoms with Crippen molar-refractivity contribution in [2.24, 2.45) is 0 Å². The van der Waals surface area contributed by atoms with Crippen molar-refractivity contribution in [2.45, 2.75) is 25.8 Å². The molecule has 0 aliphatic carbocycles. The molecule has 1 saturated heterocycles. The molecule has 1 fully saturated rings. The summed E-state index contributed by atoms with van der Waals surface area (Å²) in [6.07, 6.45) is 3.96. The number of likely N-dealkylation sites (tertiary alicyclic amines) is 1. The minimum absolute atomic E-state index is 0.0747. The summed E-state index contributed by atoms with van der Waals surface area (Å²) in [6.45, 7) is 3.39. The summed E-state index contributed by atoms with van der Waals surface area (Å²) in [7, 11) is 0. The molecule has 2 aliphatic rings. The van der Waals surface area contributed by atoms with E-state index < -0.39 is 0 Å². The first-order valence-electron chi connectivity index (χ1n) is 11.1. The normalized spacial score (nSPS) is 17.7. The molecule has 2 N–H and O–H groups in total. The Bertz CT molecular complexity index is 1100. The van der Waals surface area contributed by atoms with Crippen molar-refractivity contribution < 1.29 is 4.79 Å². The predicted molar refractivity (Wildman–Crippen MR) is 128 cm³/mol. The molecule has 156 valence electrons. The van der Waals surface area contributed by atoms with Crippen LogP contribution in [0.25, 0.3) is 11.3 Å². The van der Waals surface area contributed by atoms with E-state index in [4.69, 9.17) is 0 Å². The lowest BCUT2D eigenvalue weighted by Gasteiger charge is -2.26. The number of carbonyl (C=O) groups is 1. The fourth-order valence-electron chi connectivity index (χ4n) is 4.46. The van der Waals surface area contributed by atoms with Crippen molar-refractivity contribution >= 4 is 28.6 Å². The highest BCUT2D eigenvalue weighted by molar-refractivity contribution is 6.37. The van der Waals surface area contributed by atoms with Gasteiger partial charge in [-0.15, -0.1) is 0 Å². The highest BCUT2D eigenvalue weighted by atomic mass is 16.2. The number of hydrogen-bond donors (Lipinski definition) is 2. The van der Waals surface area contributed by atoms with Gasteiger partial charge in [0.15, 0.2) is 0 Å². The zero-order valence-electron chi connectivity index (χ0n) is 17.6. The van der Waals surface area contributed by atoms with Gasteiger partial charge in [0.2, 0.25) is 0 Å². The van der Waals surface area contributed by atoms with Crippen molar-refractivity contribution in [1.29, 1.82) is 0 Å². The van der Waals surface area contributed by atoms with E-state index in [1.54, 1.807) is 0 Å². The molecule has 4 heteroatoms. The number of benzene rings is 3. The maximum absolute atomic E-state index is 12.9. The highest BCUT2D eigenvalue weighted by Crippen LogP contribution is 2.37. The minimum atomic E-state index is -0.0747. The first-order chi connectivity index (χ1) is 15.3.